The number of halogens is 3. The van der Waals surface area contributed by atoms with Crippen molar-refractivity contribution in [3.63, 3.8) is 0 Å². The fraction of sp³-hybridized carbons (Fsp3) is 0.400. The molecule has 0 radical (unpaired) electrons. The largest absolute Gasteiger partial charge is 0.416 e. The highest BCUT2D eigenvalue weighted by Crippen LogP contribution is 2.32. The second kappa shape index (κ2) is 5.05. The summed E-state index contributed by atoms with van der Waals surface area (Å²) < 4.78 is 48.6. The molecule has 1 aromatic rings. The van der Waals surface area contributed by atoms with Gasteiger partial charge in [0.05, 0.1) is 33.1 Å². The molecule has 0 aliphatic carbocycles. The van der Waals surface area contributed by atoms with Gasteiger partial charge >= 0.3 is 6.18 Å². The van der Waals surface area contributed by atoms with Crippen LogP contribution in [-0.4, -0.2) is 21.2 Å². The van der Waals surface area contributed by atoms with Crippen LogP contribution < -0.4 is 5.73 Å². The van der Waals surface area contributed by atoms with Gasteiger partial charge in [0.25, 0.3) is 0 Å². The number of aliphatic hydroxyl groups is 1. The lowest BCUT2D eigenvalue weighted by Crippen LogP contribution is -2.14. The van der Waals surface area contributed by atoms with E-state index in [4.69, 9.17) is 10.8 Å². The molecule has 0 bridgehead atoms. The number of nitrogen functional groups attached to an aromatic ring is 1. The molecule has 7 heteroatoms. The number of hydrogen-bond donors (Lipinski definition) is 2. The number of benzene rings is 1. The van der Waals surface area contributed by atoms with E-state index in [1.807, 2.05) is 0 Å². The summed E-state index contributed by atoms with van der Waals surface area (Å²) in [5.41, 5.74) is 4.36. The van der Waals surface area contributed by atoms with E-state index in [9.17, 15) is 17.4 Å². The Morgan fingerprint density at radius 1 is 1.47 bits per heavy atom. The summed E-state index contributed by atoms with van der Waals surface area (Å²) in [5, 5.41) is 9.04. The molecule has 1 aromatic carbocycles. The molecule has 0 saturated carbocycles. The maximum Gasteiger partial charge on any atom is 0.416 e. The molecule has 0 saturated heterocycles. The van der Waals surface area contributed by atoms with Crippen molar-refractivity contribution in [3.8, 4) is 0 Å². The molecular weight excluding hydrogens is 255 g/mol. The van der Waals surface area contributed by atoms with Gasteiger partial charge in [-0.2, -0.15) is 13.2 Å². The molecule has 3 nitrogen and oxygen atoms in total. The maximum atomic E-state index is 12.3. The Morgan fingerprint density at radius 2 is 2.06 bits per heavy atom. The lowest BCUT2D eigenvalue weighted by Gasteiger charge is -2.11. The van der Waals surface area contributed by atoms with Gasteiger partial charge in [-0.15, -0.1) is 0 Å². The monoisotopic (exact) mass is 267 g/mol. The highest BCUT2D eigenvalue weighted by molar-refractivity contribution is 7.85. The first kappa shape index (κ1) is 14.0. The number of anilines is 1. The van der Waals surface area contributed by atoms with Gasteiger partial charge in [0, 0.05) is 5.69 Å². The number of hydrogen-bond acceptors (Lipinski definition) is 3. The van der Waals surface area contributed by atoms with Crippen LogP contribution in [0.1, 0.15) is 12.5 Å². The highest BCUT2D eigenvalue weighted by Gasteiger charge is 2.31. The third-order valence-corrected chi connectivity index (χ3v) is 3.62. The molecule has 0 amide bonds. The van der Waals surface area contributed by atoms with Crippen molar-refractivity contribution in [1.29, 1.82) is 0 Å². The summed E-state index contributed by atoms with van der Waals surface area (Å²) in [6.45, 7) is 1.44. The van der Waals surface area contributed by atoms with E-state index in [0.29, 0.717) is 0 Å². The first-order chi connectivity index (χ1) is 7.71. The van der Waals surface area contributed by atoms with Crippen molar-refractivity contribution in [1.82, 2.24) is 0 Å². The van der Waals surface area contributed by atoms with Gasteiger partial charge in [-0.25, -0.2) is 0 Å². The summed E-state index contributed by atoms with van der Waals surface area (Å²) in [6, 6.07) is 2.65. The van der Waals surface area contributed by atoms with Crippen molar-refractivity contribution >= 4 is 16.5 Å². The normalized spacial score (nSPS) is 15.6. The van der Waals surface area contributed by atoms with E-state index in [1.165, 1.54) is 6.92 Å². The minimum Gasteiger partial charge on any atom is -0.398 e. The predicted molar refractivity (Wildman–Crippen MR) is 58.8 cm³/mol. The zero-order valence-corrected chi connectivity index (χ0v) is 9.81. The Hall–Kier alpha value is -1.08. The molecule has 0 fully saturated rings. The second-order valence-corrected chi connectivity index (χ2v) is 5.08. The van der Waals surface area contributed by atoms with E-state index in [1.54, 1.807) is 0 Å². The Labute approximate surface area is 98.9 Å². The van der Waals surface area contributed by atoms with Crippen molar-refractivity contribution in [3.05, 3.63) is 23.8 Å². The fourth-order valence-electron chi connectivity index (χ4n) is 1.24. The summed E-state index contributed by atoms with van der Waals surface area (Å²) in [4.78, 5) is 0.110. The molecule has 0 aliphatic heterocycles. The zero-order chi connectivity index (χ0) is 13.2. The van der Waals surface area contributed by atoms with E-state index >= 15 is 0 Å². The molecule has 0 spiro atoms. The molecule has 0 aromatic heterocycles. The summed E-state index contributed by atoms with van der Waals surface area (Å²) >= 11 is 0. The van der Waals surface area contributed by atoms with Crippen LogP contribution in [0.15, 0.2) is 23.1 Å². The lowest BCUT2D eigenvalue weighted by molar-refractivity contribution is -0.137. The van der Waals surface area contributed by atoms with Crippen LogP contribution in [0.5, 0.6) is 0 Å². The van der Waals surface area contributed by atoms with Gasteiger partial charge in [0.2, 0.25) is 0 Å². The molecule has 1 rings (SSSR count). The van der Waals surface area contributed by atoms with E-state index in [2.05, 4.69) is 0 Å². The first-order valence-corrected chi connectivity index (χ1v) is 6.07. The molecule has 2 unspecified atom stereocenters. The van der Waals surface area contributed by atoms with Crippen LogP contribution in [0.3, 0.4) is 0 Å². The van der Waals surface area contributed by atoms with Crippen LogP contribution in [0.25, 0.3) is 0 Å². The van der Waals surface area contributed by atoms with Crippen molar-refractivity contribution in [2.45, 2.75) is 24.1 Å². The Bertz CT molecular complexity index is 432. The van der Waals surface area contributed by atoms with Gasteiger partial charge in [0.15, 0.2) is 0 Å². The molecule has 17 heavy (non-hydrogen) atoms. The van der Waals surface area contributed by atoms with E-state index in [0.717, 1.165) is 18.2 Å². The number of nitrogens with two attached hydrogens (primary N) is 1. The third-order valence-electron chi connectivity index (χ3n) is 1.97. The molecule has 96 valence electrons. The Kier molecular flexibility index (Phi) is 4.16. The molecule has 0 aliphatic rings. The van der Waals surface area contributed by atoms with Gasteiger partial charge in [-0.05, 0) is 25.1 Å². The quantitative estimate of drug-likeness (QED) is 0.820. The second-order valence-electron chi connectivity index (χ2n) is 3.61. The van der Waals surface area contributed by atoms with Crippen LogP contribution in [0.2, 0.25) is 0 Å². The van der Waals surface area contributed by atoms with Gasteiger partial charge in [0.1, 0.15) is 0 Å². The minimum atomic E-state index is -4.47. The topological polar surface area (TPSA) is 63.3 Å². The standard InChI is InChI=1S/C10H12F3NO2S/c1-6(15)5-17(16)9-3-2-7(4-8(9)14)10(11,12)13/h2-4,6,15H,5,14H2,1H3. The van der Waals surface area contributed by atoms with E-state index in [-0.39, 0.29) is 16.3 Å². The van der Waals surface area contributed by atoms with Crippen LogP contribution in [0, 0.1) is 0 Å². The first-order valence-electron chi connectivity index (χ1n) is 4.75. The van der Waals surface area contributed by atoms with Crippen LogP contribution in [-0.2, 0) is 17.0 Å². The molecule has 0 heterocycles. The highest BCUT2D eigenvalue weighted by atomic mass is 32.2. The van der Waals surface area contributed by atoms with Gasteiger partial charge in [-0.1, -0.05) is 0 Å². The van der Waals surface area contributed by atoms with Gasteiger partial charge in [-0.3, -0.25) is 4.21 Å². The smallest absolute Gasteiger partial charge is 0.398 e. The van der Waals surface area contributed by atoms with Crippen molar-refractivity contribution < 1.29 is 22.5 Å². The lowest BCUT2D eigenvalue weighted by atomic mass is 10.2. The number of rotatable bonds is 3. The molecule has 3 N–H and O–H groups in total. The summed E-state index contributed by atoms with van der Waals surface area (Å²) in [5.74, 6) is -0.0600. The fourth-order valence-corrected chi connectivity index (χ4v) is 2.40. The maximum absolute atomic E-state index is 12.3. The third kappa shape index (κ3) is 3.71. The molecular formula is C10H12F3NO2S. The minimum absolute atomic E-state index is 0.0600. The van der Waals surface area contributed by atoms with Crippen LogP contribution in [0.4, 0.5) is 18.9 Å². The SMILES string of the molecule is CC(O)CS(=O)c1ccc(C(F)(F)F)cc1N. The average Bonchev–Trinajstić information content (AvgIpc) is 2.14. The van der Waals surface area contributed by atoms with E-state index < -0.39 is 28.6 Å². The summed E-state index contributed by atoms with van der Waals surface area (Å²) in [7, 11) is -1.60. The molecule has 2 atom stereocenters. The zero-order valence-electron chi connectivity index (χ0n) is 8.99. The van der Waals surface area contributed by atoms with Crippen molar-refractivity contribution in [2.24, 2.45) is 0 Å². The van der Waals surface area contributed by atoms with Crippen molar-refractivity contribution in [2.75, 3.05) is 11.5 Å². The predicted octanol–water partition coefficient (Wildman–Crippen LogP) is 1.78. The number of aliphatic hydroxyl groups excluding tert-OH is 1. The Balaban J connectivity index is 3.02. The summed E-state index contributed by atoms with van der Waals surface area (Å²) in [6.07, 6.45) is -5.28. The van der Waals surface area contributed by atoms with Gasteiger partial charge < -0.3 is 10.8 Å². The average molecular weight is 267 g/mol. The number of alkyl halides is 3. The Morgan fingerprint density at radius 3 is 2.47 bits per heavy atom. The van der Waals surface area contributed by atoms with Crippen LogP contribution >= 0.6 is 0 Å².